The molecule has 0 aromatic rings. The third kappa shape index (κ3) is 4.58. The maximum absolute atomic E-state index is 12.9. The Balaban J connectivity index is 2.20. The second-order valence-electron chi connectivity index (χ2n) is 4.44. The molecule has 1 N–H and O–H groups in total. The first-order chi connectivity index (χ1) is 7.57. The standard InChI is InChI=1S/C12H22F2N2/c1-3-5-7-16(4-2)8-6-11-9-12(13,14)10-15-11/h3,11,15H,1,4-10H2,2H3. The average Bonchev–Trinajstić information content (AvgIpc) is 2.59. The van der Waals surface area contributed by atoms with Crippen LogP contribution in [0.25, 0.3) is 0 Å². The molecule has 1 fully saturated rings. The first kappa shape index (κ1) is 13.6. The fraction of sp³-hybridized carbons (Fsp3) is 0.833. The second kappa shape index (κ2) is 6.30. The molecule has 1 rings (SSSR count). The van der Waals surface area contributed by atoms with Crippen LogP contribution in [0.4, 0.5) is 8.78 Å². The van der Waals surface area contributed by atoms with Crippen molar-refractivity contribution in [1.82, 2.24) is 10.2 Å². The Morgan fingerprint density at radius 1 is 1.50 bits per heavy atom. The molecule has 0 radical (unpaired) electrons. The predicted molar refractivity (Wildman–Crippen MR) is 62.9 cm³/mol. The Hall–Kier alpha value is -0.480. The summed E-state index contributed by atoms with van der Waals surface area (Å²) in [5.41, 5.74) is 0. The van der Waals surface area contributed by atoms with Crippen LogP contribution in [0.2, 0.25) is 0 Å². The number of halogens is 2. The molecule has 1 heterocycles. The maximum Gasteiger partial charge on any atom is 0.261 e. The highest BCUT2D eigenvalue weighted by Gasteiger charge is 2.38. The van der Waals surface area contributed by atoms with E-state index in [1.54, 1.807) is 0 Å². The van der Waals surface area contributed by atoms with Crippen molar-refractivity contribution in [1.29, 1.82) is 0 Å². The maximum atomic E-state index is 12.9. The normalized spacial score (nSPS) is 23.9. The van der Waals surface area contributed by atoms with E-state index in [0.717, 1.165) is 32.5 Å². The van der Waals surface area contributed by atoms with E-state index < -0.39 is 5.92 Å². The van der Waals surface area contributed by atoms with Gasteiger partial charge in [0.15, 0.2) is 0 Å². The summed E-state index contributed by atoms with van der Waals surface area (Å²) in [5, 5.41) is 2.89. The Morgan fingerprint density at radius 3 is 2.75 bits per heavy atom. The molecule has 0 aromatic heterocycles. The highest BCUT2D eigenvalue weighted by Crippen LogP contribution is 2.26. The van der Waals surface area contributed by atoms with Crippen molar-refractivity contribution in [2.24, 2.45) is 0 Å². The molecule has 4 heteroatoms. The molecule has 1 saturated heterocycles. The zero-order valence-electron chi connectivity index (χ0n) is 10.0. The molecule has 1 aliphatic heterocycles. The molecule has 1 aliphatic rings. The van der Waals surface area contributed by atoms with Gasteiger partial charge in [0, 0.05) is 19.0 Å². The molecule has 0 aliphatic carbocycles. The molecule has 1 unspecified atom stereocenters. The highest BCUT2D eigenvalue weighted by atomic mass is 19.3. The minimum atomic E-state index is -2.50. The van der Waals surface area contributed by atoms with Gasteiger partial charge in [-0.2, -0.15) is 0 Å². The van der Waals surface area contributed by atoms with Gasteiger partial charge in [0.1, 0.15) is 0 Å². The van der Waals surface area contributed by atoms with Crippen LogP contribution in [0, 0.1) is 0 Å². The van der Waals surface area contributed by atoms with E-state index in [4.69, 9.17) is 0 Å². The number of hydrogen-bond acceptors (Lipinski definition) is 2. The lowest BCUT2D eigenvalue weighted by Crippen LogP contribution is -2.31. The summed E-state index contributed by atoms with van der Waals surface area (Å²) >= 11 is 0. The Kier molecular flexibility index (Phi) is 5.35. The number of nitrogens with one attached hydrogen (secondary N) is 1. The summed E-state index contributed by atoms with van der Waals surface area (Å²) in [6.45, 7) is 8.46. The van der Waals surface area contributed by atoms with E-state index in [1.165, 1.54) is 0 Å². The van der Waals surface area contributed by atoms with Gasteiger partial charge >= 0.3 is 0 Å². The molecule has 0 saturated carbocycles. The van der Waals surface area contributed by atoms with Crippen molar-refractivity contribution in [2.45, 2.75) is 38.2 Å². The van der Waals surface area contributed by atoms with Gasteiger partial charge in [0.2, 0.25) is 0 Å². The largest absolute Gasteiger partial charge is 0.308 e. The van der Waals surface area contributed by atoms with Crippen LogP contribution in [0.1, 0.15) is 26.2 Å². The average molecular weight is 232 g/mol. The molecule has 0 bridgehead atoms. The van der Waals surface area contributed by atoms with Crippen LogP contribution in [0.3, 0.4) is 0 Å². The van der Waals surface area contributed by atoms with Gasteiger partial charge in [-0.15, -0.1) is 6.58 Å². The molecule has 0 amide bonds. The molecule has 0 aromatic carbocycles. The topological polar surface area (TPSA) is 15.3 Å². The van der Waals surface area contributed by atoms with E-state index in [9.17, 15) is 8.78 Å². The van der Waals surface area contributed by atoms with E-state index in [1.807, 2.05) is 6.08 Å². The number of rotatable bonds is 7. The van der Waals surface area contributed by atoms with Crippen molar-refractivity contribution >= 4 is 0 Å². The fourth-order valence-corrected chi connectivity index (χ4v) is 2.04. The lowest BCUT2D eigenvalue weighted by atomic mass is 10.1. The zero-order chi connectivity index (χ0) is 12.0. The van der Waals surface area contributed by atoms with Crippen molar-refractivity contribution in [3.05, 3.63) is 12.7 Å². The van der Waals surface area contributed by atoms with Crippen molar-refractivity contribution in [3.8, 4) is 0 Å². The minimum Gasteiger partial charge on any atom is -0.308 e. The van der Waals surface area contributed by atoms with Gasteiger partial charge in [-0.05, 0) is 25.9 Å². The Morgan fingerprint density at radius 2 is 2.25 bits per heavy atom. The van der Waals surface area contributed by atoms with Crippen molar-refractivity contribution in [2.75, 3.05) is 26.2 Å². The molecule has 1 atom stereocenters. The Labute approximate surface area is 96.7 Å². The molecule has 2 nitrogen and oxygen atoms in total. The van der Waals surface area contributed by atoms with Crippen molar-refractivity contribution in [3.63, 3.8) is 0 Å². The quantitative estimate of drug-likeness (QED) is 0.677. The lowest BCUT2D eigenvalue weighted by Gasteiger charge is -2.21. The number of nitrogens with zero attached hydrogens (tertiary/aromatic N) is 1. The van der Waals surface area contributed by atoms with E-state index in [0.29, 0.717) is 0 Å². The van der Waals surface area contributed by atoms with Gasteiger partial charge in [-0.3, -0.25) is 0 Å². The number of alkyl halides is 2. The van der Waals surface area contributed by atoms with Gasteiger partial charge in [-0.1, -0.05) is 13.0 Å². The third-order valence-corrected chi connectivity index (χ3v) is 3.08. The summed E-state index contributed by atoms with van der Waals surface area (Å²) in [7, 11) is 0. The fourth-order valence-electron chi connectivity index (χ4n) is 2.04. The summed E-state index contributed by atoms with van der Waals surface area (Å²) in [6.07, 6.45) is 3.65. The van der Waals surface area contributed by atoms with Crippen LogP contribution in [0.15, 0.2) is 12.7 Å². The zero-order valence-corrected chi connectivity index (χ0v) is 10.0. The molecular formula is C12H22F2N2. The van der Waals surface area contributed by atoms with E-state index >= 15 is 0 Å². The van der Waals surface area contributed by atoms with Gasteiger partial charge in [0.05, 0.1) is 6.54 Å². The summed E-state index contributed by atoms with van der Waals surface area (Å²) in [5.74, 6) is -2.50. The second-order valence-corrected chi connectivity index (χ2v) is 4.44. The van der Waals surface area contributed by atoms with Gasteiger partial charge < -0.3 is 10.2 Å². The molecular weight excluding hydrogens is 210 g/mol. The highest BCUT2D eigenvalue weighted by molar-refractivity contribution is 4.87. The smallest absolute Gasteiger partial charge is 0.261 e. The first-order valence-corrected chi connectivity index (χ1v) is 6.02. The lowest BCUT2D eigenvalue weighted by molar-refractivity contribution is 0.0206. The number of hydrogen-bond donors (Lipinski definition) is 1. The minimum absolute atomic E-state index is 0.00792. The molecule has 94 valence electrons. The van der Waals surface area contributed by atoms with E-state index in [2.05, 4.69) is 23.7 Å². The van der Waals surface area contributed by atoms with Crippen LogP contribution in [0.5, 0.6) is 0 Å². The van der Waals surface area contributed by atoms with Crippen LogP contribution >= 0.6 is 0 Å². The molecule has 16 heavy (non-hydrogen) atoms. The van der Waals surface area contributed by atoms with Gasteiger partial charge in [0.25, 0.3) is 5.92 Å². The van der Waals surface area contributed by atoms with Crippen LogP contribution in [-0.2, 0) is 0 Å². The third-order valence-electron chi connectivity index (χ3n) is 3.08. The molecule has 0 spiro atoms. The first-order valence-electron chi connectivity index (χ1n) is 6.02. The van der Waals surface area contributed by atoms with E-state index in [-0.39, 0.29) is 19.0 Å². The van der Waals surface area contributed by atoms with Crippen LogP contribution < -0.4 is 5.32 Å². The van der Waals surface area contributed by atoms with Crippen molar-refractivity contribution < 1.29 is 8.78 Å². The van der Waals surface area contributed by atoms with Crippen LogP contribution in [-0.4, -0.2) is 43.0 Å². The monoisotopic (exact) mass is 232 g/mol. The summed E-state index contributed by atoms with van der Waals surface area (Å²) in [4.78, 5) is 2.28. The SMILES string of the molecule is C=CCCN(CC)CCC1CC(F)(F)CN1. The summed E-state index contributed by atoms with van der Waals surface area (Å²) in [6, 6.07) is -0.0206. The predicted octanol–water partition coefficient (Wildman–Crippen LogP) is 2.27. The van der Waals surface area contributed by atoms with Gasteiger partial charge in [-0.25, -0.2) is 8.78 Å². The Bertz CT molecular complexity index is 219. The summed E-state index contributed by atoms with van der Waals surface area (Å²) < 4.78 is 25.8.